The Morgan fingerprint density at radius 3 is 2.19 bits per heavy atom. The molecule has 0 bridgehead atoms. The normalized spacial score (nSPS) is 16.1. The number of likely N-dealkylation sites (N-methyl/N-ethyl adjacent to an activating group) is 1. The predicted octanol–water partition coefficient (Wildman–Crippen LogP) is 5.76. The fourth-order valence-corrected chi connectivity index (χ4v) is 4.64. The molecule has 1 aliphatic heterocycles. The average molecular weight is 484 g/mol. The Morgan fingerprint density at radius 2 is 1.75 bits per heavy atom. The zero-order valence-electron chi connectivity index (χ0n) is 20.7. The van der Waals surface area contributed by atoms with Crippen LogP contribution in [0.15, 0.2) is 24.3 Å². The molecule has 0 spiro atoms. The summed E-state index contributed by atoms with van der Waals surface area (Å²) < 4.78 is 0.951. The van der Waals surface area contributed by atoms with Crippen LogP contribution in [0.4, 0.5) is 10.7 Å². The van der Waals surface area contributed by atoms with Crippen molar-refractivity contribution in [1.82, 2.24) is 0 Å². The second-order valence-electron chi connectivity index (χ2n) is 7.30. The summed E-state index contributed by atoms with van der Waals surface area (Å²) in [5.41, 5.74) is 8.06. The highest BCUT2D eigenvalue weighted by atomic mass is 35.5. The predicted molar refractivity (Wildman–Crippen MR) is 140 cm³/mol. The van der Waals surface area contributed by atoms with E-state index in [2.05, 4.69) is 31.5 Å². The summed E-state index contributed by atoms with van der Waals surface area (Å²) in [6, 6.07) is 8.10. The van der Waals surface area contributed by atoms with Gasteiger partial charge in [0, 0.05) is 24.2 Å². The lowest BCUT2D eigenvalue weighted by molar-refractivity contribution is -0.943. The molecule has 0 saturated carbocycles. The number of nitrogens with one attached hydrogen (secondary N) is 2. The maximum Gasteiger partial charge on any atom is 0.252 e. The van der Waals surface area contributed by atoms with Crippen LogP contribution in [-0.4, -0.2) is 43.5 Å². The molecule has 8 heteroatoms. The molecule has 1 atom stereocenters. The largest absolute Gasteiger partial charge is 0.388 e. The highest BCUT2D eigenvalue weighted by Crippen LogP contribution is 2.39. The molecule has 32 heavy (non-hydrogen) atoms. The molecule has 1 aromatic heterocycles. The van der Waals surface area contributed by atoms with Crippen molar-refractivity contribution in [2.45, 2.75) is 60.5 Å². The number of hydrogen-bond acceptors (Lipinski definition) is 4. The van der Waals surface area contributed by atoms with Gasteiger partial charge in [0.1, 0.15) is 11.5 Å². The van der Waals surface area contributed by atoms with Crippen molar-refractivity contribution >= 4 is 45.9 Å². The fraction of sp³-hybridized carbons (Fsp3) is 0.500. The molecule has 2 heterocycles. The molecule has 2 amide bonds. The number of benzene rings is 1. The minimum absolute atomic E-state index is 0.456. The van der Waals surface area contributed by atoms with Gasteiger partial charge < -0.3 is 20.9 Å². The number of amides is 2. The van der Waals surface area contributed by atoms with Gasteiger partial charge in [-0.1, -0.05) is 39.3 Å². The van der Waals surface area contributed by atoms with Crippen molar-refractivity contribution in [3.8, 4) is 0 Å². The molecule has 0 radical (unpaired) electrons. The number of rotatable bonds is 5. The summed E-state index contributed by atoms with van der Waals surface area (Å²) in [5, 5.41) is 6.96. The van der Waals surface area contributed by atoms with Crippen LogP contribution in [0.2, 0.25) is 5.02 Å². The second kappa shape index (κ2) is 14.9. The smallest absolute Gasteiger partial charge is 0.252 e. The van der Waals surface area contributed by atoms with Crippen LogP contribution in [0.5, 0.6) is 0 Å². The van der Waals surface area contributed by atoms with E-state index in [0.717, 1.165) is 40.3 Å². The van der Waals surface area contributed by atoms with Gasteiger partial charge in [-0.3, -0.25) is 9.59 Å². The molecule has 1 aromatic carbocycles. The van der Waals surface area contributed by atoms with E-state index in [9.17, 15) is 9.59 Å². The Bertz CT molecular complexity index is 837. The van der Waals surface area contributed by atoms with E-state index in [1.807, 2.05) is 59.0 Å². The van der Waals surface area contributed by atoms with Crippen LogP contribution >= 0.6 is 22.9 Å². The van der Waals surface area contributed by atoms with Crippen LogP contribution in [0.1, 0.15) is 62.3 Å². The van der Waals surface area contributed by atoms with Crippen LogP contribution in [0.3, 0.4) is 0 Å². The number of quaternary nitrogens is 1. The standard InChI is InChI=1S/C13H19N3O2S.C7H8ClN.2C2H6/c1-8(2)16(3)5-4-9-10(6-16)19-13(15-7-17)11(9)12(14)18;1-9-7-4-2-6(8)3-5-7;2*1-2/h7-8H,4-6H2,1-3H3,(H2-,14,15,17,18);2-5,9H,1H3;2*1-2H3/p+1. The highest BCUT2D eigenvalue weighted by molar-refractivity contribution is 7.16. The lowest BCUT2D eigenvalue weighted by Gasteiger charge is -2.41. The maximum absolute atomic E-state index is 11.6. The first-order valence-corrected chi connectivity index (χ1v) is 12.3. The molecule has 180 valence electrons. The van der Waals surface area contributed by atoms with Gasteiger partial charge in [-0.15, -0.1) is 11.3 Å². The SMILES string of the molecule is CC.CC.CC(C)[N+]1(C)CCc2c(sc(NC=O)c2C(N)=O)C1.CNc1ccc(Cl)cc1. The van der Waals surface area contributed by atoms with Crippen molar-refractivity contribution in [2.75, 3.05) is 31.3 Å². The fourth-order valence-electron chi connectivity index (χ4n) is 3.15. The number of nitrogens with two attached hydrogens (primary N) is 1. The van der Waals surface area contributed by atoms with Gasteiger partial charge in [-0.25, -0.2) is 0 Å². The summed E-state index contributed by atoms with van der Waals surface area (Å²) in [4.78, 5) is 23.4. The first-order chi connectivity index (χ1) is 15.2. The summed E-state index contributed by atoms with van der Waals surface area (Å²) in [7, 11) is 4.10. The van der Waals surface area contributed by atoms with Crippen molar-refractivity contribution < 1.29 is 14.1 Å². The van der Waals surface area contributed by atoms with E-state index in [0.29, 0.717) is 23.0 Å². The Kier molecular flexibility index (Phi) is 13.9. The van der Waals surface area contributed by atoms with E-state index in [1.54, 1.807) is 0 Å². The van der Waals surface area contributed by atoms with Crippen molar-refractivity contribution in [3.05, 3.63) is 45.3 Å². The molecular formula is C24H40ClN4O2S+. The molecule has 2 aromatic rings. The third-order valence-electron chi connectivity index (χ3n) is 5.28. The Hall–Kier alpha value is -2.09. The summed E-state index contributed by atoms with van der Waals surface area (Å²) in [6.45, 7) is 14.3. The zero-order valence-corrected chi connectivity index (χ0v) is 22.3. The van der Waals surface area contributed by atoms with Crippen LogP contribution in [0, 0.1) is 0 Å². The lowest BCUT2D eigenvalue weighted by atomic mass is 9.99. The van der Waals surface area contributed by atoms with Gasteiger partial charge in [-0.05, 0) is 43.7 Å². The molecule has 1 aliphatic rings. The van der Waals surface area contributed by atoms with E-state index >= 15 is 0 Å². The third kappa shape index (κ3) is 8.11. The molecule has 3 rings (SSSR count). The van der Waals surface area contributed by atoms with Crippen LogP contribution < -0.4 is 16.4 Å². The molecule has 0 fully saturated rings. The van der Waals surface area contributed by atoms with Crippen molar-refractivity contribution in [1.29, 1.82) is 0 Å². The number of thiophene rings is 1. The van der Waals surface area contributed by atoms with Gasteiger partial charge in [0.05, 0.1) is 30.1 Å². The molecule has 0 saturated heterocycles. The van der Waals surface area contributed by atoms with Gasteiger partial charge in [0.2, 0.25) is 6.41 Å². The average Bonchev–Trinajstić information content (AvgIpc) is 3.14. The van der Waals surface area contributed by atoms with E-state index < -0.39 is 5.91 Å². The van der Waals surface area contributed by atoms with Crippen LogP contribution in [0.25, 0.3) is 0 Å². The number of anilines is 2. The molecule has 6 nitrogen and oxygen atoms in total. The number of carbonyl (C=O) groups excluding carboxylic acids is 2. The highest BCUT2D eigenvalue weighted by Gasteiger charge is 2.35. The van der Waals surface area contributed by atoms with Crippen LogP contribution in [-0.2, 0) is 17.8 Å². The first-order valence-electron chi connectivity index (χ1n) is 11.1. The number of primary amides is 1. The Morgan fingerprint density at radius 1 is 1.19 bits per heavy atom. The number of fused-ring (bicyclic) bond motifs is 1. The van der Waals surface area contributed by atoms with E-state index in [1.165, 1.54) is 16.2 Å². The van der Waals surface area contributed by atoms with Gasteiger partial charge in [0.15, 0.2) is 0 Å². The number of carbonyl (C=O) groups is 2. The van der Waals surface area contributed by atoms with Gasteiger partial charge in [0.25, 0.3) is 5.91 Å². The monoisotopic (exact) mass is 483 g/mol. The summed E-state index contributed by atoms with van der Waals surface area (Å²) >= 11 is 7.12. The molecule has 1 unspecified atom stereocenters. The molecular weight excluding hydrogens is 444 g/mol. The van der Waals surface area contributed by atoms with Gasteiger partial charge >= 0.3 is 0 Å². The number of hydrogen-bond donors (Lipinski definition) is 3. The zero-order chi connectivity index (χ0) is 24.9. The third-order valence-corrected chi connectivity index (χ3v) is 6.68. The van der Waals surface area contributed by atoms with Crippen molar-refractivity contribution in [3.63, 3.8) is 0 Å². The maximum atomic E-state index is 11.6. The second-order valence-corrected chi connectivity index (χ2v) is 8.84. The minimum atomic E-state index is -0.456. The molecule has 0 aliphatic carbocycles. The Balaban J connectivity index is 0.000000619. The number of halogens is 1. The summed E-state index contributed by atoms with van der Waals surface area (Å²) in [5.74, 6) is -0.456. The quantitative estimate of drug-likeness (QED) is 0.373. The molecule has 4 N–H and O–H groups in total. The summed E-state index contributed by atoms with van der Waals surface area (Å²) in [6.07, 6.45) is 1.43. The topological polar surface area (TPSA) is 84.2 Å². The number of nitrogens with zero attached hydrogens (tertiary/aromatic N) is 1. The van der Waals surface area contributed by atoms with Gasteiger partial charge in [-0.2, -0.15) is 0 Å². The minimum Gasteiger partial charge on any atom is -0.388 e. The first kappa shape index (κ1) is 29.9. The van der Waals surface area contributed by atoms with Crippen molar-refractivity contribution in [2.24, 2.45) is 5.73 Å². The Labute approximate surface area is 202 Å². The van der Waals surface area contributed by atoms with E-state index in [-0.39, 0.29) is 0 Å². The van der Waals surface area contributed by atoms with E-state index in [4.69, 9.17) is 17.3 Å². The lowest BCUT2D eigenvalue weighted by Crippen LogP contribution is -2.52.